The van der Waals surface area contributed by atoms with Crippen molar-refractivity contribution in [1.82, 2.24) is 14.6 Å². The minimum absolute atomic E-state index is 0.232. The third-order valence-corrected chi connectivity index (χ3v) is 4.03. The first-order chi connectivity index (χ1) is 14.2. The van der Waals surface area contributed by atoms with Gasteiger partial charge in [0, 0.05) is 11.1 Å². The van der Waals surface area contributed by atoms with E-state index in [9.17, 15) is 22.4 Å². The van der Waals surface area contributed by atoms with E-state index < -0.39 is 35.9 Å². The van der Waals surface area contributed by atoms with Gasteiger partial charge in [0.05, 0.1) is 12.7 Å². The van der Waals surface area contributed by atoms with Crippen molar-refractivity contribution in [3.8, 4) is 5.75 Å². The van der Waals surface area contributed by atoms with Crippen molar-refractivity contribution in [3.05, 3.63) is 58.0 Å². The molecule has 2 heterocycles. The van der Waals surface area contributed by atoms with E-state index in [1.54, 1.807) is 6.07 Å². The Hall–Kier alpha value is -3.41. The highest BCUT2D eigenvalue weighted by molar-refractivity contribution is 6.31. The molecule has 3 aromatic rings. The number of aromatic nitrogens is 3. The normalized spacial score (nSPS) is 12.1. The van der Waals surface area contributed by atoms with Gasteiger partial charge in [0.25, 0.3) is 12.9 Å². The Kier molecular flexibility index (Phi) is 6.06. The number of hydrogen-bond acceptors (Lipinski definition) is 6. The summed E-state index contributed by atoms with van der Waals surface area (Å²) in [6.07, 6.45) is -6.23. The maximum Gasteiger partial charge on any atom is 0.385 e. The van der Waals surface area contributed by atoms with Gasteiger partial charge in [-0.15, -0.1) is 0 Å². The topological polar surface area (TPSA) is 104 Å². The van der Waals surface area contributed by atoms with Crippen LogP contribution in [0.15, 0.2) is 35.5 Å². The molecule has 2 aromatic heterocycles. The van der Waals surface area contributed by atoms with E-state index in [-0.39, 0.29) is 17.0 Å². The molecule has 0 spiro atoms. The third kappa shape index (κ3) is 4.27. The maximum absolute atomic E-state index is 13.2. The SMILES string of the molecule is COc1ccc(Cl)cc1/C(N)=N/OC(=O)c1cc2nc(C(F)F)cc(C(F)F)n2n1. The van der Waals surface area contributed by atoms with Crippen LogP contribution in [0.2, 0.25) is 5.02 Å². The van der Waals surface area contributed by atoms with Crippen molar-refractivity contribution in [2.75, 3.05) is 7.11 Å². The molecular formula is C17H12ClF4N5O3. The molecule has 0 bridgehead atoms. The van der Waals surface area contributed by atoms with Gasteiger partial charge in [-0.25, -0.2) is 31.9 Å². The number of amidine groups is 1. The van der Waals surface area contributed by atoms with Crippen LogP contribution in [0.25, 0.3) is 5.65 Å². The highest BCUT2D eigenvalue weighted by Crippen LogP contribution is 2.26. The molecule has 30 heavy (non-hydrogen) atoms. The van der Waals surface area contributed by atoms with E-state index in [0.29, 0.717) is 21.4 Å². The number of fused-ring (bicyclic) bond motifs is 1. The van der Waals surface area contributed by atoms with Crippen molar-refractivity contribution in [2.24, 2.45) is 10.9 Å². The fraction of sp³-hybridized carbons (Fsp3) is 0.176. The lowest BCUT2D eigenvalue weighted by Gasteiger charge is -2.07. The largest absolute Gasteiger partial charge is 0.496 e. The van der Waals surface area contributed by atoms with Crippen molar-refractivity contribution < 1.29 is 31.9 Å². The Morgan fingerprint density at radius 2 is 1.93 bits per heavy atom. The number of oxime groups is 1. The molecule has 1 aromatic carbocycles. The molecule has 0 amide bonds. The number of methoxy groups -OCH3 is 1. The van der Waals surface area contributed by atoms with Gasteiger partial charge in [-0.05, 0) is 24.3 Å². The summed E-state index contributed by atoms with van der Waals surface area (Å²) < 4.78 is 57.8. The molecule has 8 nitrogen and oxygen atoms in total. The molecule has 0 saturated heterocycles. The first-order valence-electron chi connectivity index (χ1n) is 8.07. The summed E-state index contributed by atoms with van der Waals surface area (Å²) in [5.74, 6) is -1.14. The quantitative estimate of drug-likeness (QED) is 0.204. The second kappa shape index (κ2) is 8.53. The van der Waals surface area contributed by atoms with Crippen LogP contribution in [-0.2, 0) is 4.84 Å². The summed E-state index contributed by atoms with van der Waals surface area (Å²) in [4.78, 5) is 20.4. The molecule has 0 unspecified atom stereocenters. The number of ether oxygens (including phenoxy) is 1. The van der Waals surface area contributed by atoms with Crippen LogP contribution >= 0.6 is 11.6 Å². The molecule has 0 radical (unpaired) electrons. The molecule has 0 atom stereocenters. The number of halogens is 5. The molecule has 3 rings (SSSR count). The summed E-state index contributed by atoms with van der Waals surface area (Å²) in [7, 11) is 1.38. The smallest absolute Gasteiger partial charge is 0.385 e. The summed E-state index contributed by atoms with van der Waals surface area (Å²) in [6.45, 7) is 0. The number of benzene rings is 1. The number of alkyl halides is 4. The van der Waals surface area contributed by atoms with Crippen LogP contribution in [0, 0.1) is 0 Å². The predicted octanol–water partition coefficient (Wildman–Crippen LogP) is 3.74. The molecule has 0 fully saturated rings. The lowest BCUT2D eigenvalue weighted by atomic mass is 10.2. The first-order valence-corrected chi connectivity index (χ1v) is 8.44. The van der Waals surface area contributed by atoms with Gasteiger partial charge in [-0.1, -0.05) is 16.8 Å². The lowest BCUT2D eigenvalue weighted by Crippen LogP contribution is -2.16. The van der Waals surface area contributed by atoms with Gasteiger partial charge < -0.3 is 15.3 Å². The highest BCUT2D eigenvalue weighted by atomic mass is 35.5. The average molecular weight is 446 g/mol. The van der Waals surface area contributed by atoms with Crippen molar-refractivity contribution in [1.29, 1.82) is 0 Å². The standard InChI is InChI=1S/C17H12ClF4N5O3/c1-29-12-3-2-7(18)4-8(12)16(23)26-30-17(28)10-6-13-24-9(14(19)20)5-11(15(21)22)27(13)25-10/h2-6,14-15H,1H3,(H2,23,26). The third-order valence-electron chi connectivity index (χ3n) is 3.80. The van der Waals surface area contributed by atoms with Crippen molar-refractivity contribution >= 4 is 29.1 Å². The average Bonchev–Trinajstić information content (AvgIpc) is 3.15. The second-order valence-electron chi connectivity index (χ2n) is 5.71. The van der Waals surface area contributed by atoms with Crippen LogP contribution < -0.4 is 10.5 Å². The predicted molar refractivity (Wildman–Crippen MR) is 97.0 cm³/mol. The van der Waals surface area contributed by atoms with Crippen molar-refractivity contribution in [2.45, 2.75) is 12.9 Å². The monoisotopic (exact) mass is 445 g/mol. The van der Waals surface area contributed by atoms with E-state index in [1.807, 2.05) is 0 Å². The molecule has 13 heteroatoms. The number of carbonyl (C=O) groups is 1. The van der Waals surface area contributed by atoms with Crippen LogP contribution in [-0.4, -0.2) is 33.5 Å². The van der Waals surface area contributed by atoms with Gasteiger partial charge >= 0.3 is 5.97 Å². The first kappa shape index (κ1) is 21.3. The van der Waals surface area contributed by atoms with Crippen LogP contribution in [0.3, 0.4) is 0 Å². The van der Waals surface area contributed by atoms with Crippen LogP contribution in [0.1, 0.15) is 40.3 Å². The minimum atomic E-state index is -3.14. The summed E-state index contributed by atoms with van der Waals surface area (Å²) in [6, 6.07) is 5.89. The van der Waals surface area contributed by atoms with Gasteiger partial charge in [0.2, 0.25) is 0 Å². The number of hydrogen-bond donors (Lipinski definition) is 1. The lowest BCUT2D eigenvalue weighted by molar-refractivity contribution is 0.0508. The molecule has 0 aliphatic rings. The molecule has 0 saturated carbocycles. The van der Waals surface area contributed by atoms with Crippen LogP contribution in [0.5, 0.6) is 5.75 Å². The Labute approximate surface area is 170 Å². The maximum atomic E-state index is 13.2. The number of nitrogens with two attached hydrogens (primary N) is 1. The molecule has 0 aliphatic carbocycles. The number of rotatable bonds is 6. The van der Waals surface area contributed by atoms with E-state index in [2.05, 4.69) is 20.1 Å². The molecule has 2 N–H and O–H groups in total. The molecular weight excluding hydrogens is 434 g/mol. The van der Waals surface area contributed by atoms with Crippen LogP contribution in [0.4, 0.5) is 17.6 Å². The van der Waals surface area contributed by atoms with Gasteiger partial charge in [-0.2, -0.15) is 5.10 Å². The number of carbonyl (C=O) groups excluding carboxylic acids is 1. The van der Waals surface area contributed by atoms with Crippen molar-refractivity contribution in [3.63, 3.8) is 0 Å². The van der Waals surface area contributed by atoms with E-state index in [0.717, 1.165) is 6.07 Å². The zero-order valence-electron chi connectivity index (χ0n) is 15.0. The molecule has 0 aliphatic heterocycles. The summed E-state index contributed by atoms with van der Waals surface area (Å²) in [5, 5.41) is 7.41. The van der Waals surface area contributed by atoms with Gasteiger partial charge in [0.1, 0.15) is 17.1 Å². The summed E-state index contributed by atoms with van der Waals surface area (Å²) >= 11 is 5.89. The minimum Gasteiger partial charge on any atom is -0.496 e. The highest BCUT2D eigenvalue weighted by Gasteiger charge is 2.23. The zero-order chi connectivity index (χ0) is 22.0. The molecule has 158 valence electrons. The van der Waals surface area contributed by atoms with E-state index >= 15 is 0 Å². The van der Waals surface area contributed by atoms with Gasteiger partial charge in [0.15, 0.2) is 17.2 Å². The Balaban J connectivity index is 1.91. The van der Waals surface area contributed by atoms with Gasteiger partial charge in [-0.3, -0.25) is 0 Å². The zero-order valence-corrected chi connectivity index (χ0v) is 15.8. The van der Waals surface area contributed by atoms with E-state index in [4.69, 9.17) is 22.1 Å². The Morgan fingerprint density at radius 1 is 1.20 bits per heavy atom. The number of nitrogens with zero attached hydrogens (tertiary/aromatic N) is 4. The van der Waals surface area contributed by atoms with E-state index in [1.165, 1.54) is 19.2 Å². The summed E-state index contributed by atoms with van der Waals surface area (Å²) in [5.41, 5.74) is 3.38. The fourth-order valence-corrected chi connectivity index (χ4v) is 2.62. The Morgan fingerprint density at radius 3 is 2.57 bits per heavy atom. The fourth-order valence-electron chi connectivity index (χ4n) is 2.45. The second-order valence-corrected chi connectivity index (χ2v) is 6.14. The Bertz CT molecular complexity index is 1140.